The maximum absolute atomic E-state index is 3.62. The molecule has 0 aliphatic heterocycles. The summed E-state index contributed by atoms with van der Waals surface area (Å²) < 4.78 is 0. The van der Waals surface area contributed by atoms with Crippen molar-refractivity contribution in [3.63, 3.8) is 0 Å². The summed E-state index contributed by atoms with van der Waals surface area (Å²) in [6.45, 7) is 13.9. The minimum Gasteiger partial charge on any atom is -0.306 e. The highest BCUT2D eigenvalue weighted by Crippen LogP contribution is 2.28. The van der Waals surface area contributed by atoms with Crippen molar-refractivity contribution >= 4 is 15.9 Å². The Hall–Kier alpha value is 0.440. The first kappa shape index (κ1) is 14.4. The van der Waals surface area contributed by atoms with Crippen molar-refractivity contribution in [2.45, 2.75) is 34.6 Å². The first-order valence-electron chi connectivity index (χ1n) is 5.52. The van der Waals surface area contributed by atoms with Gasteiger partial charge in [-0.3, -0.25) is 0 Å². The molecule has 1 unspecified atom stereocenters. The van der Waals surface area contributed by atoms with Crippen LogP contribution >= 0.6 is 15.9 Å². The second-order valence-corrected chi connectivity index (χ2v) is 6.48. The molecule has 0 aromatic carbocycles. The van der Waals surface area contributed by atoms with E-state index in [2.05, 4.69) is 62.5 Å². The smallest absolute Gasteiger partial charge is 0.00768 e. The maximum Gasteiger partial charge on any atom is 0.00768 e. The van der Waals surface area contributed by atoms with Gasteiger partial charge in [-0.25, -0.2) is 0 Å². The third-order valence-electron chi connectivity index (χ3n) is 2.62. The Morgan fingerprint density at radius 2 is 1.64 bits per heavy atom. The maximum atomic E-state index is 3.62. The normalized spacial score (nSPS) is 15.2. The first-order valence-corrected chi connectivity index (χ1v) is 6.64. The van der Waals surface area contributed by atoms with Crippen molar-refractivity contribution in [2.24, 2.45) is 17.3 Å². The van der Waals surface area contributed by atoms with E-state index in [9.17, 15) is 0 Å². The predicted octanol–water partition coefficient (Wildman–Crippen LogP) is 3.63. The molecule has 14 heavy (non-hydrogen) atoms. The first-order chi connectivity index (χ1) is 6.27. The fourth-order valence-electron chi connectivity index (χ4n) is 1.63. The molecule has 0 heterocycles. The Kier molecular flexibility index (Phi) is 6.31. The quantitative estimate of drug-likeness (QED) is 0.685. The summed E-state index contributed by atoms with van der Waals surface area (Å²) >= 11 is 3.62. The zero-order valence-corrected chi connectivity index (χ0v) is 12.2. The van der Waals surface area contributed by atoms with Gasteiger partial charge in [-0.1, -0.05) is 50.5 Å². The van der Waals surface area contributed by atoms with Crippen molar-refractivity contribution in [1.29, 1.82) is 0 Å². The van der Waals surface area contributed by atoms with Gasteiger partial charge in [0, 0.05) is 18.4 Å². The highest BCUT2D eigenvalue weighted by atomic mass is 79.9. The lowest BCUT2D eigenvalue weighted by atomic mass is 9.82. The molecule has 0 saturated heterocycles. The number of hydrogen-bond acceptors (Lipinski definition) is 1. The van der Waals surface area contributed by atoms with Crippen LogP contribution in [0, 0.1) is 17.3 Å². The monoisotopic (exact) mass is 263 g/mol. The van der Waals surface area contributed by atoms with E-state index in [1.807, 2.05) is 0 Å². The number of nitrogens with zero attached hydrogens (tertiary/aromatic N) is 1. The molecule has 0 bridgehead atoms. The lowest BCUT2D eigenvalue weighted by Gasteiger charge is -2.33. The Labute approximate surface area is 98.4 Å². The van der Waals surface area contributed by atoms with Crippen LogP contribution in [0.1, 0.15) is 34.6 Å². The fraction of sp³-hybridized carbons (Fsp3) is 1.00. The second-order valence-electron chi connectivity index (χ2n) is 5.83. The van der Waals surface area contributed by atoms with Crippen LogP contribution in [0.15, 0.2) is 0 Å². The Bertz CT molecular complexity index is 149. The van der Waals surface area contributed by atoms with Crippen molar-refractivity contribution in [3.8, 4) is 0 Å². The van der Waals surface area contributed by atoms with Crippen LogP contribution in [0.2, 0.25) is 0 Å². The Balaban J connectivity index is 4.06. The molecule has 2 heteroatoms. The van der Waals surface area contributed by atoms with Crippen molar-refractivity contribution < 1.29 is 0 Å². The van der Waals surface area contributed by atoms with E-state index in [0.29, 0.717) is 5.41 Å². The molecule has 0 fully saturated rings. The molecule has 0 spiro atoms. The SMILES string of the molecule is CC(C)CN(C)CC(CBr)C(C)(C)C. The van der Waals surface area contributed by atoms with E-state index >= 15 is 0 Å². The van der Waals surface area contributed by atoms with Gasteiger partial charge in [0.05, 0.1) is 0 Å². The lowest BCUT2D eigenvalue weighted by Crippen LogP contribution is -2.35. The van der Waals surface area contributed by atoms with Crippen LogP contribution in [0.4, 0.5) is 0 Å². The molecule has 0 radical (unpaired) electrons. The molecule has 86 valence electrons. The summed E-state index contributed by atoms with van der Waals surface area (Å²) in [6.07, 6.45) is 0. The molecule has 0 aliphatic rings. The minimum absolute atomic E-state index is 0.398. The van der Waals surface area contributed by atoms with Crippen LogP contribution in [0.5, 0.6) is 0 Å². The van der Waals surface area contributed by atoms with Crippen LogP contribution in [0.25, 0.3) is 0 Å². The summed E-state index contributed by atoms with van der Waals surface area (Å²) in [5, 5.41) is 1.10. The van der Waals surface area contributed by atoms with Crippen LogP contribution < -0.4 is 0 Å². The average Bonchev–Trinajstić information content (AvgIpc) is 1.96. The van der Waals surface area contributed by atoms with E-state index in [-0.39, 0.29) is 0 Å². The molecule has 0 aliphatic carbocycles. The van der Waals surface area contributed by atoms with Crippen molar-refractivity contribution in [2.75, 3.05) is 25.5 Å². The van der Waals surface area contributed by atoms with Crippen LogP contribution in [0.3, 0.4) is 0 Å². The van der Waals surface area contributed by atoms with Gasteiger partial charge in [0.2, 0.25) is 0 Å². The molecular formula is C12H26BrN. The van der Waals surface area contributed by atoms with Crippen molar-refractivity contribution in [1.82, 2.24) is 4.90 Å². The van der Waals surface area contributed by atoms with E-state index in [1.54, 1.807) is 0 Å². The number of rotatable bonds is 5. The van der Waals surface area contributed by atoms with Crippen molar-refractivity contribution in [3.05, 3.63) is 0 Å². The van der Waals surface area contributed by atoms with E-state index in [4.69, 9.17) is 0 Å². The van der Waals surface area contributed by atoms with Gasteiger partial charge >= 0.3 is 0 Å². The molecule has 0 N–H and O–H groups in total. The molecular weight excluding hydrogens is 238 g/mol. The highest BCUT2D eigenvalue weighted by molar-refractivity contribution is 9.09. The third kappa shape index (κ3) is 6.02. The van der Waals surface area contributed by atoms with Crippen LogP contribution in [-0.2, 0) is 0 Å². The summed E-state index contributed by atoms with van der Waals surface area (Å²) in [4.78, 5) is 2.45. The van der Waals surface area contributed by atoms with Gasteiger partial charge in [0.25, 0.3) is 0 Å². The molecule has 0 aromatic rings. The number of alkyl halides is 1. The largest absolute Gasteiger partial charge is 0.306 e. The summed E-state index contributed by atoms with van der Waals surface area (Å²) in [7, 11) is 2.22. The molecule has 0 rings (SSSR count). The van der Waals surface area contributed by atoms with Gasteiger partial charge in [-0.2, -0.15) is 0 Å². The zero-order valence-electron chi connectivity index (χ0n) is 10.6. The van der Waals surface area contributed by atoms with Gasteiger partial charge in [0.1, 0.15) is 0 Å². The molecule has 1 atom stereocenters. The number of hydrogen-bond donors (Lipinski definition) is 0. The Morgan fingerprint density at radius 1 is 1.14 bits per heavy atom. The summed E-state index contributed by atoms with van der Waals surface area (Å²) in [5.41, 5.74) is 0.398. The van der Waals surface area contributed by atoms with E-state index in [1.165, 1.54) is 13.1 Å². The Morgan fingerprint density at radius 3 is 1.93 bits per heavy atom. The number of halogens is 1. The third-order valence-corrected chi connectivity index (χ3v) is 3.40. The topological polar surface area (TPSA) is 3.24 Å². The molecule has 0 aromatic heterocycles. The van der Waals surface area contributed by atoms with E-state index in [0.717, 1.165) is 17.2 Å². The lowest BCUT2D eigenvalue weighted by molar-refractivity contribution is 0.177. The fourth-order valence-corrected chi connectivity index (χ4v) is 2.80. The highest BCUT2D eigenvalue weighted by Gasteiger charge is 2.24. The van der Waals surface area contributed by atoms with Gasteiger partial charge in [-0.05, 0) is 24.3 Å². The van der Waals surface area contributed by atoms with Crippen LogP contribution in [-0.4, -0.2) is 30.4 Å². The summed E-state index contributed by atoms with van der Waals surface area (Å²) in [6, 6.07) is 0. The minimum atomic E-state index is 0.398. The van der Waals surface area contributed by atoms with Gasteiger partial charge in [0.15, 0.2) is 0 Å². The summed E-state index contributed by atoms with van der Waals surface area (Å²) in [5.74, 6) is 1.49. The van der Waals surface area contributed by atoms with Gasteiger partial charge in [-0.15, -0.1) is 0 Å². The second kappa shape index (κ2) is 6.12. The van der Waals surface area contributed by atoms with Gasteiger partial charge < -0.3 is 4.90 Å². The van der Waals surface area contributed by atoms with E-state index < -0.39 is 0 Å². The standard InChI is InChI=1S/C12H26BrN/c1-10(2)8-14(6)9-11(7-13)12(3,4)5/h10-11H,7-9H2,1-6H3. The average molecular weight is 264 g/mol. The molecule has 1 nitrogen and oxygen atoms in total. The zero-order chi connectivity index (χ0) is 11.4. The molecule has 0 saturated carbocycles. The predicted molar refractivity (Wildman–Crippen MR) is 69.1 cm³/mol. The molecule has 0 amide bonds.